The van der Waals surface area contributed by atoms with E-state index in [4.69, 9.17) is 0 Å². The third kappa shape index (κ3) is 3.90. The van der Waals surface area contributed by atoms with Crippen molar-refractivity contribution in [2.75, 3.05) is 11.9 Å². The van der Waals surface area contributed by atoms with Gasteiger partial charge < -0.3 is 10.6 Å². The Balaban J connectivity index is 1.82. The first-order valence-corrected chi connectivity index (χ1v) is 6.63. The van der Waals surface area contributed by atoms with E-state index in [1.807, 2.05) is 50.2 Å². The molecule has 1 amide bonds. The van der Waals surface area contributed by atoms with E-state index in [9.17, 15) is 4.79 Å². The van der Waals surface area contributed by atoms with Crippen molar-refractivity contribution in [2.45, 2.75) is 20.4 Å². The van der Waals surface area contributed by atoms with E-state index >= 15 is 0 Å². The van der Waals surface area contributed by atoms with Crippen molar-refractivity contribution >= 4 is 11.6 Å². The lowest BCUT2D eigenvalue weighted by molar-refractivity contribution is -0.115. The van der Waals surface area contributed by atoms with E-state index in [-0.39, 0.29) is 12.5 Å². The summed E-state index contributed by atoms with van der Waals surface area (Å²) in [4.78, 5) is 16.1. The van der Waals surface area contributed by atoms with Crippen LogP contribution >= 0.6 is 0 Å². The van der Waals surface area contributed by atoms with E-state index in [1.54, 1.807) is 6.20 Å². The van der Waals surface area contributed by atoms with Crippen LogP contribution in [0.3, 0.4) is 0 Å². The number of aromatic nitrogens is 1. The van der Waals surface area contributed by atoms with Gasteiger partial charge in [-0.15, -0.1) is 0 Å². The minimum Gasteiger partial charge on any atom is -0.325 e. The van der Waals surface area contributed by atoms with Crippen LogP contribution in [-0.4, -0.2) is 17.4 Å². The molecular formula is C16H19N3O. The van der Waals surface area contributed by atoms with Crippen molar-refractivity contribution in [3.63, 3.8) is 0 Å². The normalized spacial score (nSPS) is 10.3. The highest BCUT2D eigenvalue weighted by atomic mass is 16.1. The van der Waals surface area contributed by atoms with Gasteiger partial charge in [0, 0.05) is 18.4 Å². The molecule has 0 unspecified atom stereocenters. The van der Waals surface area contributed by atoms with E-state index in [2.05, 4.69) is 15.6 Å². The molecule has 2 rings (SSSR count). The number of rotatable bonds is 5. The van der Waals surface area contributed by atoms with Gasteiger partial charge in [-0.1, -0.05) is 24.3 Å². The fraction of sp³-hybridized carbons (Fsp3) is 0.250. The minimum atomic E-state index is -0.0483. The molecule has 4 nitrogen and oxygen atoms in total. The molecule has 20 heavy (non-hydrogen) atoms. The maximum absolute atomic E-state index is 11.8. The molecule has 2 aromatic rings. The second-order valence-electron chi connectivity index (χ2n) is 4.73. The van der Waals surface area contributed by atoms with Gasteiger partial charge in [-0.2, -0.15) is 0 Å². The molecule has 0 atom stereocenters. The fourth-order valence-corrected chi connectivity index (χ4v) is 1.91. The summed E-state index contributed by atoms with van der Waals surface area (Å²) < 4.78 is 0. The molecule has 1 aromatic carbocycles. The largest absolute Gasteiger partial charge is 0.325 e. The number of para-hydroxylation sites is 1. The number of carbonyl (C=O) groups is 1. The Bertz CT molecular complexity index is 596. The van der Waals surface area contributed by atoms with Crippen LogP contribution in [0.15, 0.2) is 42.6 Å². The molecule has 1 aromatic heterocycles. The predicted molar refractivity (Wildman–Crippen MR) is 80.5 cm³/mol. The Labute approximate surface area is 119 Å². The third-order valence-electron chi connectivity index (χ3n) is 3.12. The first-order chi connectivity index (χ1) is 9.66. The molecule has 0 saturated heterocycles. The zero-order chi connectivity index (χ0) is 14.4. The van der Waals surface area contributed by atoms with Gasteiger partial charge >= 0.3 is 0 Å². The molecule has 1 heterocycles. The number of hydrogen-bond acceptors (Lipinski definition) is 3. The van der Waals surface area contributed by atoms with Crippen LogP contribution in [0, 0.1) is 13.8 Å². The van der Waals surface area contributed by atoms with Crippen molar-refractivity contribution in [3.05, 3.63) is 59.4 Å². The van der Waals surface area contributed by atoms with Crippen molar-refractivity contribution < 1.29 is 4.79 Å². The molecule has 0 spiro atoms. The average Bonchev–Trinajstić information content (AvgIpc) is 2.43. The lowest BCUT2D eigenvalue weighted by Crippen LogP contribution is -2.28. The number of pyridine rings is 1. The molecular weight excluding hydrogens is 250 g/mol. The molecule has 0 aliphatic carbocycles. The van der Waals surface area contributed by atoms with E-state index in [0.29, 0.717) is 6.54 Å². The van der Waals surface area contributed by atoms with Crippen LogP contribution in [-0.2, 0) is 11.3 Å². The maximum Gasteiger partial charge on any atom is 0.238 e. The molecule has 4 heteroatoms. The molecule has 0 aliphatic heterocycles. The van der Waals surface area contributed by atoms with Crippen molar-refractivity contribution in [3.8, 4) is 0 Å². The zero-order valence-electron chi connectivity index (χ0n) is 11.8. The molecule has 2 N–H and O–H groups in total. The molecule has 0 saturated carbocycles. The average molecular weight is 269 g/mol. The first-order valence-electron chi connectivity index (χ1n) is 6.63. The van der Waals surface area contributed by atoms with Crippen molar-refractivity contribution in [1.82, 2.24) is 10.3 Å². The summed E-state index contributed by atoms with van der Waals surface area (Å²) in [6, 6.07) is 11.7. The standard InChI is InChI=1S/C16H19N3O/c1-12-6-3-4-8-14(12)19-16(20)11-17-10-15-13(2)7-5-9-18-15/h3-9,17H,10-11H2,1-2H3,(H,19,20). The summed E-state index contributed by atoms with van der Waals surface area (Å²) >= 11 is 0. The topological polar surface area (TPSA) is 54.0 Å². The van der Waals surface area contributed by atoms with Crippen LogP contribution in [0.25, 0.3) is 0 Å². The second kappa shape index (κ2) is 6.82. The highest BCUT2D eigenvalue weighted by molar-refractivity contribution is 5.92. The monoisotopic (exact) mass is 269 g/mol. The van der Waals surface area contributed by atoms with Crippen LogP contribution in [0.2, 0.25) is 0 Å². The van der Waals surface area contributed by atoms with Crippen LogP contribution in [0.1, 0.15) is 16.8 Å². The lowest BCUT2D eigenvalue weighted by atomic mass is 10.2. The Hall–Kier alpha value is -2.20. The number of amides is 1. The Kier molecular flexibility index (Phi) is 4.85. The summed E-state index contributed by atoms with van der Waals surface area (Å²) in [5, 5.41) is 6.00. The van der Waals surface area contributed by atoms with Gasteiger partial charge in [-0.25, -0.2) is 0 Å². The fourth-order valence-electron chi connectivity index (χ4n) is 1.91. The number of anilines is 1. The molecule has 0 radical (unpaired) electrons. The van der Waals surface area contributed by atoms with Gasteiger partial charge in [0.1, 0.15) is 0 Å². The van der Waals surface area contributed by atoms with Gasteiger partial charge in [0.05, 0.1) is 12.2 Å². The summed E-state index contributed by atoms with van der Waals surface area (Å²) in [6.07, 6.45) is 1.76. The van der Waals surface area contributed by atoms with E-state index in [1.165, 1.54) is 0 Å². The summed E-state index contributed by atoms with van der Waals surface area (Å²) in [5.74, 6) is -0.0483. The SMILES string of the molecule is Cc1ccccc1NC(=O)CNCc1ncccc1C. The molecule has 0 fully saturated rings. The summed E-state index contributed by atoms with van der Waals surface area (Å²) in [6.45, 7) is 4.84. The molecule has 0 aliphatic rings. The number of benzene rings is 1. The number of nitrogens with one attached hydrogen (secondary N) is 2. The van der Waals surface area contributed by atoms with E-state index in [0.717, 1.165) is 22.5 Å². The van der Waals surface area contributed by atoms with Gasteiger partial charge in [-0.05, 0) is 37.1 Å². The summed E-state index contributed by atoms with van der Waals surface area (Å²) in [7, 11) is 0. The Morgan fingerprint density at radius 2 is 1.85 bits per heavy atom. The van der Waals surface area contributed by atoms with Crippen LogP contribution in [0.4, 0.5) is 5.69 Å². The smallest absolute Gasteiger partial charge is 0.238 e. The minimum absolute atomic E-state index is 0.0483. The van der Waals surface area contributed by atoms with Gasteiger partial charge in [0.2, 0.25) is 5.91 Å². The van der Waals surface area contributed by atoms with Crippen LogP contribution < -0.4 is 10.6 Å². The Morgan fingerprint density at radius 1 is 1.10 bits per heavy atom. The number of aryl methyl sites for hydroxylation is 2. The predicted octanol–water partition coefficient (Wildman–Crippen LogP) is 2.43. The highest BCUT2D eigenvalue weighted by Gasteiger charge is 2.04. The van der Waals surface area contributed by atoms with E-state index < -0.39 is 0 Å². The third-order valence-corrected chi connectivity index (χ3v) is 3.12. The van der Waals surface area contributed by atoms with Gasteiger partial charge in [-0.3, -0.25) is 9.78 Å². The number of hydrogen-bond donors (Lipinski definition) is 2. The van der Waals surface area contributed by atoms with Crippen LogP contribution in [0.5, 0.6) is 0 Å². The first kappa shape index (κ1) is 14.2. The second-order valence-corrected chi connectivity index (χ2v) is 4.73. The number of nitrogens with zero attached hydrogens (tertiary/aromatic N) is 1. The maximum atomic E-state index is 11.8. The summed E-state index contributed by atoms with van der Waals surface area (Å²) in [5.41, 5.74) is 4.00. The lowest BCUT2D eigenvalue weighted by Gasteiger charge is -2.09. The molecule has 104 valence electrons. The quantitative estimate of drug-likeness (QED) is 0.876. The molecule has 0 bridgehead atoms. The van der Waals surface area contributed by atoms with Gasteiger partial charge in [0.25, 0.3) is 0 Å². The van der Waals surface area contributed by atoms with Crippen molar-refractivity contribution in [1.29, 1.82) is 0 Å². The Morgan fingerprint density at radius 3 is 2.60 bits per heavy atom. The van der Waals surface area contributed by atoms with Crippen molar-refractivity contribution in [2.24, 2.45) is 0 Å². The van der Waals surface area contributed by atoms with Gasteiger partial charge in [0.15, 0.2) is 0 Å². The zero-order valence-corrected chi connectivity index (χ0v) is 11.8. The number of carbonyl (C=O) groups excluding carboxylic acids is 1. The highest BCUT2D eigenvalue weighted by Crippen LogP contribution is 2.12.